The number of hydrogen-bond acceptors (Lipinski definition) is 6. The summed E-state index contributed by atoms with van der Waals surface area (Å²) in [5, 5.41) is 16.8. The van der Waals surface area contributed by atoms with Crippen LogP contribution in [0.15, 0.2) is 48.5 Å². The molecule has 0 spiro atoms. The van der Waals surface area contributed by atoms with E-state index in [-0.39, 0.29) is 35.4 Å². The first-order valence-corrected chi connectivity index (χ1v) is 11.2. The molecule has 0 aliphatic carbocycles. The first kappa shape index (κ1) is 23.8. The molecule has 0 radical (unpaired) electrons. The fourth-order valence-electron chi connectivity index (χ4n) is 4.08. The molecule has 1 atom stereocenters. The minimum absolute atomic E-state index is 0.112. The Morgan fingerprint density at radius 3 is 2.77 bits per heavy atom. The summed E-state index contributed by atoms with van der Waals surface area (Å²) in [5.41, 5.74) is 8.09. The van der Waals surface area contributed by atoms with Gasteiger partial charge >= 0.3 is 0 Å². The van der Waals surface area contributed by atoms with Crippen molar-refractivity contribution in [2.75, 3.05) is 30.8 Å². The Morgan fingerprint density at radius 2 is 2.06 bits per heavy atom. The molecule has 10 heteroatoms. The Bertz CT molecular complexity index is 1280. The van der Waals surface area contributed by atoms with Crippen LogP contribution in [-0.4, -0.2) is 41.8 Å². The molecule has 35 heavy (non-hydrogen) atoms. The first-order valence-electron chi connectivity index (χ1n) is 11.2. The summed E-state index contributed by atoms with van der Waals surface area (Å²) in [4.78, 5) is 26.7. The largest absolute Gasteiger partial charge is 0.497 e. The van der Waals surface area contributed by atoms with E-state index in [2.05, 4.69) is 16.5 Å². The molecule has 1 aliphatic heterocycles. The number of rotatable bonds is 8. The molecule has 4 rings (SSSR count). The maximum atomic E-state index is 13.2. The lowest BCUT2D eigenvalue weighted by Gasteiger charge is -2.17. The molecule has 1 unspecified atom stereocenters. The first-order chi connectivity index (χ1) is 16.9. The number of aromatic nitrogens is 2. The van der Waals surface area contributed by atoms with Gasteiger partial charge in [-0.2, -0.15) is 10.4 Å². The van der Waals surface area contributed by atoms with Crippen molar-refractivity contribution in [3.05, 3.63) is 65.6 Å². The van der Waals surface area contributed by atoms with Crippen molar-refractivity contribution in [3.63, 3.8) is 0 Å². The Labute approximate surface area is 201 Å². The van der Waals surface area contributed by atoms with Gasteiger partial charge in [0, 0.05) is 31.3 Å². The highest BCUT2D eigenvalue weighted by Crippen LogP contribution is 2.28. The zero-order chi connectivity index (χ0) is 24.9. The van der Waals surface area contributed by atoms with E-state index in [1.54, 1.807) is 30.2 Å². The fraction of sp³-hybridized carbons (Fsp3) is 0.280. The zero-order valence-corrected chi connectivity index (χ0v) is 19.2. The summed E-state index contributed by atoms with van der Waals surface area (Å²) in [6.45, 7) is 0.659. The van der Waals surface area contributed by atoms with Crippen LogP contribution in [0.1, 0.15) is 24.1 Å². The number of halogens is 1. The van der Waals surface area contributed by atoms with Gasteiger partial charge in [0.25, 0.3) is 0 Å². The standard InChI is InChI=1S/C25H25FN6O3/c1-35-20-5-2-4-19(13-20)31-15-16(12-23(31)33)25(34)29-11-3-6-22-21(14-27)24(28)32(30-22)18-9-7-17(26)8-10-18/h2,4-5,7-10,13,16H,3,6,11-12,15,28H2,1H3,(H,29,34). The van der Waals surface area contributed by atoms with Gasteiger partial charge in [0.2, 0.25) is 11.8 Å². The average molecular weight is 477 g/mol. The van der Waals surface area contributed by atoms with Crippen LogP contribution in [0.3, 0.4) is 0 Å². The minimum atomic E-state index is -0.448. The molecular formula is C25H25FN6O3. The van der Waals surface area contributed by atoms with Gasteiger partial charge in [-0.15, -0.1) is 0 Å². The Morgan fingerprint density at radius 1 is 1.29 bits per heavy atom. The van der Waals surface area contributed by atoms with E-state index < -0.39 is 5.92 Å². The van der Waals surface area contributed by atoms with E-state index in [0.717, 1.165) is 0 Å². The molecule has 3 aromatic rings. The van der Waals surface area contributed by atoms with Gasteiger partial charge in [-0.1, -0.05) is 6.07 Å². The Balaban J connectivity index is 1.32. The number of aryl methyl sites for hydroxylation is 1. The van der Waals surface area contributed by atoms with Crippen LogP contribution in [0.2, 0.25) is 0 Å². The lowest BCUT2D eigenvalue weighted by molar-refractivity contribution is -0.126. The third kappa shape index (κ3) is 5.09. The highest BCUT2D eigenvalue weighted by molar-refractivity contribution is 6.00. The summed E-state index contributed by atoms with van der Waals surface area (Å²) >= 11 is 0. The summed E-state index contributed by atoms with van der Waals surface area (Å²) in [5.74, 6) is -0.314. The molecule has 1 aliphatic rings. The van der Waals surface area contributed by atoms with Crippen LogP contribution in [0.4, 0.5) is 15.9 Å². The summed E-state index contributed by atoms with van der Waals surface area (Å²) in [6.07, 6.45) is 1.09. The number of carbonyl (C=O) groups is 2. The molecule has 0 bridgehead atoms. The topological polar surface area (TPSA) is 126 Å². The van der Waals surface area contributed by atoms with Crippen molar-refractivity contribution in [2.24, 2.45) is 5.92 Å². The molecule has 3 N–H and O–H groups in total. The molecule has 1 saturated heterocycles. The summed E-state index contributed by atoms with van der Waals surface area (Å²) in [7, 11) is 1.56. The number of hydrogen-bond donors (Lipinski definition) is 2. The molecule has 1 fully saturated rings. The van der Waals surface area contributed by atoms with Gasteiger partial charge in [-0.05, 0) is 49.2 Å². The lowest BCUT2D eigenvalue weighted by Crippen LogP contribution is -2.33. The smallest absolute Gasteiger partial charge is 0.227 e. The third-order valence-electron chi connectivity index (χ3n) is 5.93. The maximum Gasteiger partial charge on any atom is 0.227 e. The van der Waals surface area contributed by atoms with E-state index in [1.165, 1.54) is 28.9 Å². The predicted octanol–water partition coefficient (Wildman–Crippen LogP) is 2.58. The van der Waals surface area contributed by atoms with Crippen molar-refractivity contribution in [2.45, 2.75) is 19.3 Å². The maximum absolute atomic E-state index is 13.2. The van der Waals surface area contributed by atoms with E-state index in [1.807, 2.05) is 6.07 Å². The minimum Gasteiger partial charge on any atom is -0.497 e. The van der Waals surface area contributed by atoms with Crippen LogP contribution in [0.5, 0.6) is 5.75 Å². The quantitative estimate of drug-likeness (QED) is 0.481. The Kier molecular flexibility index (Phi) is 6.96. The summed E-state index contributed by atoms with van der Waals surface area (Å²) < 4.78 is 19.8. The van der Waals surface area contributed by atoms with Crippen molar-refractivity contribution >= 4 is 23.3 Å². The highest BCUT2D eigenvalue weighted by atomic mass is 19.1. The SMILES string of the molecule is COc1cccc(N2CC(C(=O)NCCCc3nn(-c4ccc(F)cc4)c(N)c3C#N)CC2=O)c1. The monoisotopic (exact) mass is 476 g/mol. The molecule has 2 aromatic carbocycles. The molecule has 1 aromatic heterocycles. The van der Waals surface area contributed by atoms with Crippen LogP contribution in [-0.2, 0) is 16.0 Å². The van der Waals surface area contributed by atoms with Crippen LogP contribution in [0.25, 0.3) is 5.69 Å². The zero-order valence-electron chi connectivity index (χ0n) is 19.2. The van der Waals surface area contributed by atoms with Crippen molar-refractivity contribution < 1.29 is 18.7 Å². The van der Waals surface area contributed by atoms with Crippen LogP contribution < -0.4 is 20.7 Å². The van der Waals surface area contributed by atoms with Crippen molar-refractivity contribution in [1.82, 2.24) is 15.1 Å². The van der Waals surface area contributed by atoms with Crippen LogP contribution in [0, 0.1) is 23.1 Å². The number of nitrogens with two attached hydrogens (primary N) is 1. The molecule has 2 heterocycles. The number of nitrogen functional groups attached to an aromatic ring is 1. The second-order valence-corrected chi connectivity index (χ2v) is 8.21. The number of nitriles is 1. The third-order valence-corrected chi connectivity index (χ3v) is 5.93. The number of methoxy groups -OCH3 is 1. The lowest BCUT2D eigenvalue weighted by atomic mass is 10.1. The molecule has 9 nitrogen and oxygen atoms in total. The Hall–Kier alpha value is -4.39. The number of anilines is 2. The number of amides is 2. The number of nitrogens with zero attached hydrogens (tertiary/aromatic N) is 4. The normalized spacial score (nSPS) is 15.2. The second-order valence-electron chi connectivity index (χ2n) is 8.21. The van der Waals surface area contributed by atoms with Gasteiger partial charge < -0.3 is 20.7 Å². The molecular weight excluding hydrogens is 451 g/mol. The highest BCUT2D eigenvalue weighted by Gasteiger charge is 2.35. The molecule has 2 amide bonds. The predicted molar refractivity (Wildman–Crippen MR) is 127 cm³/mol. The van der Waals surface area contributed by atoms with E-state index in [4.69, 9.17) is 10.5 Å². The number of nitrogens with one attached hydrogen (secondary N) is 1. The number of benzene rings is 2. The fourth-order valence-corrected chi connectivity index (χ4v) is 4.08. The van der Waals surface area contributed by atoms with Gasteiger partial charge in [0.05, 0.1) is 24.4 Å². The van der Waals surface area contributed by atoms with E-state index in [9.17, 15) is 19.2 Å². The van der Waals surface area contributed by atoms with Gasteiger partial charge in [0.15, 0.2) is 0 Å². The number of carbonyl (C=O) groups excluding carboxylic acids is 2. The van der Waals surface area contributed by atoms with Crippen LogP contribution >= 0.6 is 0 Å². The molecule has 0 saturated carbocycles. The van der Waals surface area contributed by atoms with Gasteiger partial charge in [-0.25, -0.2) is 9.07 Å². The average Bonchev–Trinajstić information content (AvgIpc) is 3.41. The van der Waals surface area contributed by atoms with E-state index in [0.29, 0.717) is 48.7 Å². The second kappa shape index (κ2) is 10.3. The van der Waals surface area contributed by atoms with E-state index >= 15 is 0 Å². The van der Waals surface area contributed by atoms with Gasteiger partial charge in [-0.3, -0.25) is 9.59 Å². The van der Waals surface area contributed by atoms with Crippen molar-refractivity contribution in [3.8, 4) is 17.5 Å². The molecule has 180 valence electrons. The summed E-state index contributed by atoms with van der Waals surface area (Å²) in [6, 6.07) is 14.9. The number of ether oxygens (including phenoxy) is 1. The van der Waals surface area contributed by atoms with Crippen molar-refractivity contribution in [1.29, 1.82) is 5.26 Å². The van der Waals surface area contributed by atoms with Gasteiger partial charge in [0.1, 0.15) is 29.0 Å².